The third-order valence-corrected chi connectivity index (χ3v) is 17.5. The van der Waals surface area contributed by atoms with Gasteiger partial charge in [-0.25, -0.2) is 0 Å². The molecule has 0 N–H and O–H groups in total. The molecule has 14 heavy (non-hydrogen) atoms. The van der Waals surface area contributed by atoms with Crippen molar-refractivity contribution in [1.82, 2.24) is 0 Å². The fraction of sp³-hybridized carbons (Fsp3) is 0.667. The number of hydrogen-bond acceptors (Lipinski definition) is 3. The molecule has 0 amide bonds. The van der Waals surface area contributed by atoms with E-state index in [-0.39, 0.29) is 0 Å². The van der Waals surface area contributed by atoms with E-state index in [9.17, 15) is 14.4 Å². The van der Waals surface area contributed by atoms with Crippen LogP contribution < -0.4 is 0 Å². The monoisotopic (exact) mass is 258 g/mol. The summed E-state index contributed by atoms with van der Waals surface area (Å²) >= 11 is 0. The molecule has 0 rings (SSSR count). The second-order valence-corrected chi connectivity index (χ2v) is 14.8. The van der Waals surface area contributed by atoms with E-state index >= 15 is 0 Å². The van der Waals surface area contributed by atoms with Crippen molar-refractivity contribution in [3.63, 3.8) is 0 Å². The Morgan fingerprint density at radius 1 is 0.857 bits per heavy atom. The molecule has 0 saturated heterocycles. The fourth-order valence-electron chi connectivity index (χ4n) is 1.54. The Labute approximate surface area is 85.4 Å². The van der Waals surface area contributed by atoms with Crippen LogP contribution in [-0.2, 0) is 25.1 Å². The molecule has 0 saturated carbocycles. The summed E-state index contributed by atoms with van der Waals surface area (Å²) in [6, 6.07) is 2.23. The van der Waals surface area contributed by atoms with E-state index in [4.69, 9.17) is 0 Å². The molecule has 0 spiro atoms. The third-order valence-electron chi connectivity index (χ3n) is 2.69. The van der Waals surface area contributed by atoms with Gasteiger partial charge in [-0.2, -0.15) is 0 Å². The van der Waals surface area contributed by atoms with Crippen molar-refractivity contribution >= 4 is 21.2 Å². The molecular formula is C9H15CoO3Si. The summed E-state index contributed by atoms with van der Waals surface area (Å²) in [6.45, 7) is 3.63. The van der Waals surface area contributed by atoms with Gasteiger partial charge in [-0.1, -0.05) is 0 Å². The van der Waals surface area contributed by atoms with Gasteiger partial charge in [-0.3, -0.25) is 0 Å². The SMILES string of the molecule is CC[Si](CC)(CC)[Co](=[C]=O)(=[C]=O)=[C]=O. The van der Waals surface area contributed by atoms with E-state index in [0.29, 0.717) is 0 Å². The topological polar surface area (TPSA) is 51.2 Å². The Morgan fingerprint density at radius 2 is 1.14 bits per heavy atom. The second-order valence-electron chi connectivity index (χ2n) is 2.87. The summed E-state index contributed by atoms with van der Waals surface area (Å²) in [4.78, 5) is 37.6. The summed E-state index contributed by atoms with van der Waals surface area (Å²) in [7, 11) is -2.94. The van der Waals surface area contributed by atoms with Crippen molar-refractivity contribution in [2.75, 3.05) is 0 Å². The Kier molecular flexibility index (Phi) is 5.16. The van der Waals surface area contributed by atoms with Crippen LogP contribution in [0.5, 0.6) is 0 Å². The minimum atomic E-state index is -2.94. The van der Waals surface area contributed by atoms with Crippen LogP contribution in [0.3, 0.4) is 0 Å². The van der Waals surface area contributed by atoms with Crippen LogP contribution in [0.2, 0.25) is 18.1 Å². The standard InChI is InChI=1S/C6H15Si.3CO.Co/c1-4-7(5-2)6-3;3*1-2;/h4-6H2,1-3H3;;;;. The van der Waals surface area contributed by atoms with Crippen molar-refractivity contribution in [2.45, 2.75) is 38.9 Å². The molecule has 82 valence electrons. The predicted octanol–water partition coefficient (Wildman–Crippen LogP) is 1.35. The zero-order valence-electron chi connectivity index (χ0n) is 8.68. The molecule has 0 bridgehead atoms. The maximum absolute atomic E-state index is 10.8. The summed E-state index contributed by atoms with van der Waals surface area (Å²) in [6.07, 6.45) is 0. The molecule has 0 atom stereocenters. The van der Waals surface area contributed by atoms with E-state index in [0.717, 1.165) is 18.1 Å². The molecule has 3 nitrogen and oxygen atoms in total. The summed E-state index contributed by atoms with van der Waals surface area (Å²) in [5.74, 6) is 0. The molecule has 0 aliphatic carbocycles. The summed E-state index contributed by atoms with van der Waals surface area (Å²) in [5.41, 5.74) is 0. The van der Waals surface area contributed by atoms with Gasteiger partial charge in [0.05, 0.1) is 0 Å². The number of carbonyl (C=O) groups excluding carboxylic acids is 3. The molecule has 0 aromatic rings. The van der Waals surface area contributed by atoms with Crippen LogP contribution in [0.4, 0.5) is 0 Å². The van der Waals surface area contributed by atoms with Crippen LogP contribution >= 0.6 is 0 Å². The maximum atomic E-state index is 10.8. The van der Waals surface area contributed by atoms with Gasteiger partial charge in [0.2, 0.25) is 0 Å². The van der Waals surface area contributed by atoms with Crippen LogP contribution in [0.25, 0.3) is 0 Å². The molecule has 0 aliphatic heterocycles. The summed E-state index contributed by atoms with van der Waals surface area (Å²) < 4.78 is 0. The Hall–Kier alpha value is -0.537. The number of hydrogen-bond donors (Lipinski definition) is 0. The zero-order chi connectivity index (χ0) is 11.2. The second kappa shape index (κ2) is 5.37. The molecule has 0 fully saturated rings. The predicted molar refractivity (Wildman–Crippen MR) is 54.3 cm³/mol. The summed E-state index contributed by atoms with van der Waals surface area (Å²) in [5, 5.41) is 0. The first-order valence-electron chi connectivity index (χ1n) is 4.46. The molecule has 0 aromatic heterocycles. The zero-order valence-corrected chi connectivity index (χ0v) is 10.7. The van der Waals surface area contributed by atoms with Crippen molar-refractivity contribution in [2.24, 2.45) is 0 Å². The van der Waals surface area contributed by atoms with E-state index in [1.54, 1.807) is 14.5 Å². The minimum absolute atomic E-state index is 0.743. The molecule has 0 unspecified atom stereocenters. The van der Waals surface area contributed by atoms with Gasteiger partial charge < -0.3 is 0 Å². The Morgan fingerprint density at radius 3 is 1.21 bits per heavy atom. The molecular weight excluding hydrogens is 243 g/mol. The van der Waals surface area contributed by atoms with Gasteiger partial charge in [0, 0.05) is 0 Å². The van der Waals surface area contributed by atoms with Gasteiger partial charge >= 0.3 is 85.2 Å². The first kappa shape index (κ1) is 13.5. The Bertz CT molecular complexity index is 389. The fourth-order valence-corrected chi connectivity index (χ4v) is 11.7. The average molecular weight is 258 g/mol. The van der Waals surface area contributed by atoms with Crippen molar-refractivity contribution < 1.29 is 25.1 Å². The normalized spacial score (nSPS) is 12.5. The third kappa shape index (κ3) is 1.79. The van der Waals surface area contributed by atoms with Crippen LogP contribution in [0, 0.1) is 0 Å². The first-order chi connectivity index (χ1) is 6.61. The van der Waals surface area contributed by atoms with Gasteiger partial charge in [0.1, 0.15) is 0 Å². The molecule has 0 aliphatic rings. The quantitative estimate of drug-likeness (QED) is 0.715. The van der Waals surface area contributed by atoms with E-state index in [1.165, 1.54) is 0 Å². The van der Waals surface area contributed by atoms with Gasteiger partial charge in [-0.15, -0.1) is 0 Å². The van der Waals surface area contributed by atoms with Gasteiger partial charge in [0.25, 0.3) is 0 Å². The average Bonchev–Trinajstić information content (AvgIpc) is 2.27. The van der Waals surface area contributed by atoms with E-state index < -0.39 is 17.4 Å². The van der Waals surface area contributed by atoms with Crippen molar-refractivity contribution in [3.05, 3.63) is 0 Å². The first-order valence-corrected chi connectivity index (χ1v) is 10.0. The Balaban J connectivity index is 6.36. The van der Waals surface area contributed by atoms with Gasteiger partial charge in [-0.05, 0) is 0 Å². The molecule has 0 heterocycles. The molecule has 0 radical (unpaired) electrons. The molecule has 0 aromatic carbocycles. The number of rotatable bonds is 4. The van der Waals surface area contributed by atoms with Crippen LogP contribution in [-0.4, -0.2) is 21.2 Å². The van der Waals surface area contributed by atoms with Crippen molar-refractivity contribution in [1.29, 1.82) is 0 Å². The molecule has 5 heteroatoms. The van der Waals surface area contributed by atoms with Crippen LogP contribution in [0.15, 0.2) is 0 Å². The van der Waals surface area contributed by atoms with E-state index in [2.05, 4.69) is 0 Å². The van der Waals surface area contributed by atoms with Gasteiger partial charge in [0.15, 0.2) is 0 Å². The van der Waals surface area contributed by atoms with Crippen molar-refractivity contribution in [3.8, 4) is 0 Å². The van der Waals surface area contributed by atoms with Crippen LogP contribution in [0.1, 0.15) is 20.8 Å². The van der Waals surface area contributed by atoms with E-state index in [1.807, 2.05) is 20.8 Å².